The third kappa shape index (κ3) is 3.77. The summed E-state index contributed by atoms with van der Waals surface area (Å²) < 4.78 is 5.26. The molecular formula is C13H18O3. The predicted octanol–water partition coefficient (Wildman–Crippen LogP) is 3.07. The molecule has 0 spiro atoms. The van der Waals surface area contributed by atoms with Gasteiger partial charge in [-0.25, -0.2) is 4.79 Å². The number of hydrogen-bond donors (Lipinski definition) is 1. The van der Waals surface area contributed by atoms with E-state index < -0.39 is 5.97 Å². The minimum atomic E-state index is -0.949. The molecule has 0 fully saturated rings. The third-order valence-electron chi connectivity index (χ3n) is 1.83. The van der Waals surface area contributed by atoms with Crippen molar-refractivity contribution in [3.8, 4) is 0 Å². The van der Waals surface area contributed by atoms with Crippen LogP contribution in [0.25, 0.3) is 0 Å². The average molecular weight is 222 g/mol. The summed E-state index contributed by atoms with van der Waals surface area (Å²) in [6.07, 6.45) is 6.72. The lowest BCUT2D eigenvalue weighted by molar-refractivity contribution is -0.133. The average Bonchev–Trinajstić information content (AvgIpc) is 2.32. The van der Waals surface area contributed by atoms with E-state index in [1.165, 1.54) is 0 Å². The molecule has 0 radical (unpaired) electrons. The van der Waals surface area contributed by atoms with E-state index in [0.717, 1.165) is 5.57 Å². The number of carbonyl (C=O) groups is 1. The van der Waals surface area contributed by atoms with E-state index in [9.17, 15) is 4.79 Å². The summed E-state index contributed by atoms with van der Waals surface area (Å²) in [5.41, 5.74) is 0.995. The zero-order valence-corrected chi connectivity index (χ0v) is 9.99. The van der Waals surface area contributed by atoms with Crippen LogP contribution in [0.1, 0.15) is 20.8 Å². The van der Waals surface area contributed by atoms with Crippen molar-refractivity contribution in [1.29, 1.82) is 0 Å². The summed E-state index contributed by atoms with van der Waals surface area (Å²) in [6.45, 7) is 9.51. The normalized spacial score (nSPS) is 19.3. The molecule has 3 nitrogen and oxygen atoms in total. The van der Waals surface area contributed by atoms with Crippen LogP contribution >= 0.6 is 0 Å². The quantitative estimate of drug-likeness (QED) is 0.781. The summed E-state index contributed by atoms with van der Waals surface area (Å²) in [5, 5.41) is 8.76. The first kappa shape index (κ1) is 14.2. The number of rotatable bonds is 2. The second kappa shape index (κ2) is 7.51. The molecule has 0 unspecified atom stereocenters. The minimum Gasteiger partial charge on any atom is -0.488 e. The Balaban J connectivity index is 0.00000106. The molecule has 0 aromatic rings. The van der Waals surface area contributed by atoms with Crippen molar-refractivity contribution >= 4 is 5.97 Å². The van der Waals surface area contributed by atoms with Crippen LogP contribution in [0.2, 0.25) is 0 Å². The molecular weight excluding hydrogens is 204 g/mol. The van der Waals surface area contributed by atoms with Gasteiger partial charge in [0.1, 0.15) is 12.4 Å². The van der Waals surface area contributed by atoms with Crippen molar-refractivity contribution in [2.75, 3.05) is 6.61 Å². The maximum atomic E-state index is 10.7. The molecule has 1 rings (SSSR count). The van der Waals surface area contributed by atoms with Crippen molar-refractivity contribution < 1.29 is 14.6 Å². The van der Waals surface area contributed by atoms with E-state index in [1.807, 2.05) is 20.8 Å². The van der Waals surface area contributed by atoms with Gasteiger partial charge in [-0.15, -0.1) is 0 Å². The van der Waals surface area contributed by atoms with Crippen molar-refractivity contribution in [2.24, 2.45) is 0 Å². The molecule has 0 aromatic carbocycles. The van der Waals surface area contributed by atoms with Gasteiger partial charge in [0.05, 0.1) is 5.57 Å². The lowest BCUT2D eigenvalue weighted by Gasteiger charge is -2.17. The Labute approximate surface area is 96.4 Å². The fourth-order valence-corrected chi connectivity index (χ4v) is 1.17. The fraction of sp³-hybridized carbons (Fsp3) is 0.308. The molecule has 88 valence electrons. The summed E-state index contributed by atoms with van der Waals surface area (Å²) in [7, 11) is 0. The highest BCUT2D eigenvalue weighted by molar-refractivity contribution is 5.88. The zero-order chi connectivity index (χ0) is 12.6. The van der Waals surface area contributed by atoms with E-state index in [4.69, 9.17) is 9.84 Å². The van der Waals surface area contributed by atoms with Crippen LogP contribution in [-0.2, 0) is 9.53 Å². The first-order chi connectivity index (χ1) is 7.69. The molecule has 0 amide bonds. The van der Waals surface area contributed by atoms with Crippen molar-refractivity contribution in [2.45, 2.75) is 20.8 Å². The van der Waals surface area contributed by atoms with E-state index >= 15 is 0 Å². The Hall–Kier alpha value is -1.77. The fourth-order valence-electron chi connectivity index (χ4n) is 1.17. The number of allylic oxidation sites excluding steroid dienone is 4. The van der Waals surface area contributed by atoms with Gasteiger partial charge in [0, 0.05) is 5.57 Å². The lowest BCUT2D eigenvalue weighted by atomic mass is 10.1. The van der Waals surface area contributed by atoms with Crippen LogP contribution in [0, 0.1) is 0 Å². The van der Waals surface area contributed by atoms with Gasteiger partial charge < -0.3 is 9.84 Å². The Kier molecular flexibility index (Phi) is 6.68. The Morgan fingerprint density at radius 2 is 2.19 bits per heavy atom. The van der Waals surface area contributed by atoms with E-state index in [1.54, 1.807) is 24.3 Å². The predicted molar refractivity (Wildman–Crippen MR) is 65.1 cm³/mol. The molecule has 0 aliphatic carbocycles. The molecule has 1 aliphatic heterocycles. The number of carboxylic acids is 1. The van der Waals surface area contributed by atoms with Crippen molar-refractivity contribution in [1.82, 2.24) is 0 Å². The highest BCUT2D eigenvalue weighted by atomic mass is 16.5. The maximum absolute atomic E-state index is 10.7. The van der Waals surface area contributed by atoms with Crippen LogP contribution in [0.5, 0.6) is 0 Å². The molecule has 0 bridgehead atoms. The van der Waals surface area contributed by atoms with Crippen molar-refractivity contribution in [3.05, 3.63) is 47.8 Å². The van der Waals surface area contributed by atoms with Crippen LogP contribution in [0.3, 0.4) is 0 Å². The van der Waals surface area contributed by atoms with Crippen molar-refractivity contribution in [3.63, 3.8) is 0 Å². The second-order valence-corrected chi connectivity index (χ2v) is 2.77. The van der Waals surface area contributed by atoms with E-state index in [2.05, 4.69) is 6.58 Å². The van der Waals surface area contributed by atoms with Gasteiger partial charge in [0.2, 0.25) is 0 Å². The molecule has 1 N–H and O–H groups in total. The van der Waals surface area contributed by atoms with Gasteiger partial charge in [-0.1, -0.05) is 32.6 Å². The van der Waals surface area contributed by atoms with Gasteiger partial charge in [0.25, 0.3) is 0 Å². The van der Waals surface area contributed by atoms with Crippen LogP contribution < -0.4 is 0 Å². The topological polar surface area (TPSA) is 46.5 Å². The first-order valence-corrected chi connectivity index (χ1v) is 5.25. The molecule has 3 heteroatoms. The molecule has 1 aliphatic rings. The Morgan fingerprint density at radius 3 is 2.62 bits per heavy atom. The van der Waals surface area contributed by atoms with E-state index in [0.29, 0.717) is 5.76 Å². The van der Waals surface area contributed by atoms with Crippen LogP contribution in [0.4, 0.5) is 0 Å². The SMILES string of the molecule is C=C/C=C1/C=C(C(=O)O)CO/C1=C/C.CC. The summed E-state index contributed by atoms with van der Waals surface area (Å²) >= 11 is 0. The van der Waals surface area contributed by atoms with Gasteiger partial charge in [0.15, 0.2) is 0 Å². The van der Waals surface area contributed by atoms with Gasteiger partial charge in [-0.05, 0) is 19.1 Å². The van der Waals surface area contributed by atoms with Gasteiger partial charge >= 0.3 is 5.97 Å². The number of ether oxygens (including phenoxy) is 1. The highest BCUT2D eigenvalue weighted by Crippen LogP contribution is 2.21. The highest BCUT2D eigenvalue weighted by Gasteiger charge is 2.17. The lowest BCUT2D eigenvalue weighted by Crippen LogP contribution is -2.13. The summed E-state index contributed by atoms with van der Waals surface area (Å²) in [5.74, 6) is -0.259. The van der Waals surface area contributed by atoms with Gasteiger partial charge in [-0.3, -0.25) is 0 Å². The summed E-state index contributed by atoms with van der Waals surface area (Å²) in [4.78, 5) is 10.7. The molecule has 0 aromatic heterocycles. The molecule has 16 heavy (non-hydrogen) atoms. The van der Waals surface area contributed by atoms with Gasteiger partial charge in [-0.2, -0.15) is 0 Å². The molecule has 0 saturated carbocycles. The smallest absolute Gasteiger partial charge is 0.335 e. The largest absolute Gasteiger partial charge is 0.488 e. The third-order valence-corrected chi connectivity index (χ3v) is 1.83. The molecule has 0 atom stereocenters. The maximum Gasteiger partial charge on any atom is 0.335 e. The Morgan fingerprint density at radius 1 is 1.56 bits per heavy atom. The zero-order valence-electron chi connectivity index (χ0n) is 9.99. The minimum absolute atomic E-state index is 0.115. The van der Waals surface area contributed by atoms with E-state index in [-0.39, 0.29) is 12.2 Å². The second-order valence-electron chi connectivity index (χ2n) is 2.77. The monoisotopic (exact) mass is 222 g/mol. The summed E-state index contributed by atoms with van der Waals surface area (Å²) in [6, 6.07) is 0. The van der Waals surface area contributed by atoms with Crippen LogP contribution in [-0.4, -0.2) is 17.7 Å². The molecule has 1 heterocycles. The van der Waals surface area contributed by atoms with Crippen LogP contribution in [0.15, 0.2) is 47.8 Å². The number of hydrogen-bond acceptors (Lipinski definition) is 2. The standard InChI is InChI=1S/C11H12O3.C2H6/c1-3-5-8-6-9(11(12)13)7-14-10(8)4-2;1-2/h3-6H,1,7H2,2H3,(H,12,13);1-2H3/b8-5-,10-4+;. The molecule has 0 saturated heterocycles. The first-order valence-electron chi connectivity index (χ1n) is 5.25. The number of carboxylic acid groups (broad SMARTS) is 1. The Bertz CT molecular complexity index is 346. The number of aliphatic carboxylic acids is 1.